The van der Waals surface area contributed by atoms with Crippen LogP contribution in [-0.2, 0) is 38.1 Å². The highest BCUT2D eigenvalue weighted by molar-refractivity contribution is 5.77. The summed E-state index contributed by atoms with van der Waals surface area (Å²) in [5.74, 6) is -3.95. The molecule has 0 aromatic rings. The van der Waals surface area contributed by atoms with E-state index in [0.717, 1.165) is 0 Å². The largest absolute Gasteiger partial charge is 0.469 e. The fourth-order valence-corrected chi connectivity index (χ4v) is 3.10. The lowest BCUT2D eigenvalue weighted by atomic mass is 9.68. The number of ether oxygens (including phenoxy) is 4. The van der Waals surface area contributed by atoms with E-state index in [4.69, 9.17) is 14.2 Å². The smallest absolute Gasteiger partial charge is 0.311 e. The zero-order valence-electron chi connectivity index (χ0n) is 13.6. The summed E-state index contributed by atoms with van der Waals surface area (Å²) in [6.07, 6.45) is -0.891. The van der Waals surface area contributed by atoms with E-state index in [0.29, 0.717) is 6.29 Å². The van der Waals surface area contributed by atoms with E-state index < -0.39 is 47.9 Å². The van der Waals surface area contributed by atoms with Crippen molar-refractivity contribution in [2.75, 3.05) is 21.3 Å². The average molecular weight is 330 g/mol. The highest BCUT2D eigenvalue weighted by atomic mass is 16.6. The van der Waals surface area contributed by atoms with Crippen molar-refractivity contribution >= 4 is 24.2 Å². The zero-order valence-corrected chi connectivity index (χ0v) is 13.6. The molecule has 23 heavy (non-hydrogen) atoms. The third kappa shape index (κ3) is 4.51. The van der Waals surface area contributed by atoms with Gasteiger partial charge in [0.15, 0.2) is 0 Å². The van der Waals surface area contributed by atoms with E-state index in [9.17, 15) is 19.2 Å². The van der Waals surface area contributed by atoms with Gasteiger partial charge in [0, 0.05) is 26.4 Å². The number of esters is 3. The Hall–Kier alpha value is -1.96. The van der Waals surface area contributed by atoms with E-state index in [1.807, 2.05) is 0 Å². The minimum absolute atomic E-state index is 0.133. The molecule has 1 aliphatic rings. The summed E-state index contributed by atoms with van der Waals surface area (Å²) < 4.78 is 19.9. The first-order chi connectivity index (χ1) is 10.9. The molecule has 8 heteroatoms. The minimum atomic E-state index is -0.919. The zero-order chi connectivity index (χ0) is 17.6. The van der Waals surface area contributed by atoms with E-state index in [-0.39, 0.29) is 12.8 Å². The Morgan fingerprint density at radius 2 is 1.78 bits per heavy atom. The maximum atomic E-state index is 12.2. The summed E-state index contributed by atoms with van der Waals surface area (Å²) in [4.78, 5) is 46.5. The van der Waals surface area contributed by atoms with Gasteiger partial charge in [-0.15, -0.1) is 0 Å². The second kappa shape index (κ2) is 8.61. The topological polar surface area (TPSA) is 105 Å². The Kier molecular flexibility index (Phi) is 7.15. The molecule has 0 amide bonds. The Morgan fingerprint density at radius 1 is 1.13 bits per heavy atom. The number of hydrogen-bond acceptors (Lipinski definition) is 8. The summed E-state index contributed by atoms with van der Waals surface area (Å²) in [6.45, 7) is 1.23. The number of hydrogen-bond donors (Lipinski definition) is 0. The molecular weight excluding hydrogens is 308 g/mol. The van der Waals surface area contributed by atoms with Crippen LogP contribution in [0.5, 0.6) is 0 Å². The molecule has 5 atom stereocenters. The van der Waals surface area contributed by atoms with Gasteiger partial charge in [-0.25, -0.2) is 0 Å². The lowest BCUT2D eigenvalue weighted by molar-refractivity contribution is -0.183. The molecule has 0 radical (unpaired) electrons. The Labute approximate surface area is 134 Å². The van der Waals surface area contributed by atoms with Crippen LogP contribution in [0.3, 0.4) is 0 Å². The van der Waals surface area contributed by atoms with Crippen molar-refractivity contribution in [2.24, 2.45) is 17.8 Å². The van der Waals surface area contributed by atoms with Gasteiger partial charge >= 0.3 is 17.9 Å². The predicted octanol–water partition coefficient (Wildman–Crippen LogP) is 0.120. The average Bonchev–Trinajstić information content (AvgIpc) is 2.53. The molecule has 0 heterocycles. The minimum Gasteiger partial charge on any atom is -0.469 e. The van der Waals surface area contributed by atoms with Crippen LogP contribution in [0, 0.1) is 17.8 Å². The van der Waals surface area contributed by atoms with Gasteiger partial charge in [-0.2, -0.15) is 0 Å². The highest BCUT2D eigenvalue weighted by Crippen LogP contribution is 2.40. The summed E-state index contributed by atoms with van der Waals surface area (Å²) in [5.41, 5.74) is 0. The molecule has 1 fully saturated rings. The molecule has 130 valence electrons. The number of methoxy groups -OCH3 is 3. The Bertz CT molecular complexity index is 460. The Balaban J connectivity index is 3.19. The number of rotatable bonds is 6. The molecule has 0 saturated heterocycles. The monoisotopic (exact) mass is 330 g/mol. The third-order valence-electron chi connectivity index (χ3n) is 4.10. The van der Waals surface area contributed by atoms with Crippen LogP contribution >= 0.6 is 0 Å². The van der Waals surface area contributed by atoms with Gasteiger partial charge in [0.05, 0.1) is 20.1 Å². The van der Waals surface area contributed by atoms with Gasteiger partial charge in [0.25, 0.3) is 0 Å². The van der Waals surface area contributed by atoms with Gasteiger partial charge in [-0.3, -0.25) is 14.4 Å². The molecule has 0 aliphatic heterocycles. The SMILES string of the molecule is COC(=O)C[C@@H]1[C@H](C(=O)OC)[C@@H](OC)[C@H](OC(C)=O)C[C@@H]1C=O. The van der Waals surface area contributed by atoms with Crippen LogP contribution in [-0.4, -0.2) is 57.7 Å². The summed E-state index contributed by atoms with van der Waals surface area (Å²) in [5, 5.41) is 0. The van der Waals surface area contributed by atoms with Crippen molar-refractivity contribution in [2.45, 2.75) is 32.0 Å². The van der Waals surface area contributed by atoms with Crippen LogP contribution in [0.25, 0.3) is 0 Å². The lowest BCUT2D eigenvalue weighted by Gasteiger charge is -2.42. The predicted molar refractivity (Wildman–Crippen MR) is 76.2 cm³/mol. The normalized spacial score (nSPS) is 30.2. The van der Waals surface area contributed by atoms with Gasteiger partial charge < -0.3 is 23.7 Å². The number of carbonyl (C=O) groups is 4. The molecule has 1 saturated carbocycles. The summed E-state index contributed by atoms with van der Waals surface area (Å²) >= 11 is 0. The van der Waals surface area contributed by atoms with E-state index in [1.54, 1.807) is 0 Å². The molecule has 0 bridgehead atoms. The molecule has 0 aromatic heterocycles. The molecule has 0 unspecified atom stereocenters. The van der Waals surface area contributed by atoms with Crippen molar-refractivity contribution in [1.29, 1.82) is 0 Å². The van der Waals surface area contributed by atoms with Crippen molar-refractivity contribution in [3.63, 3.8) is 0 Å². The van der Waals surface area contributed by atoms with Crippen molar-refractivity contribution in [3.05, 3.63) is 0 Å². The molecule has 0 aromatic carbocycles. The Morgan fingerprint density at radius 3 is 2.22 bits per heavy atom. The maximum Gasteiger partial charge on any atom is 0.311 e. The van der Waals surface area contributed by atoms with Crippen molar-refractivity contribution in [1.82, 2.24) is 0 Å². The molecular formula is C15H22O8. The van der Waals surface area contributed by atoms with Crippen LogP contribution in [0.2, 0.25) is 0 Å². The van der Waals surface area contributed by atoms with Crippen LogP contribution in [0.15, 0.2) is 0 Å². The standard InChI is InChI=1S/C15H22O8/c1-8(17)23-11-5-9(7-16)10(6-12(18)20-2)13(14(11)21-3)15(19)22-4/h7,9-11,13-14H,5-6H2,1-4H3/t9-,10+,11-,13+,14+/m1/s1. The van der Waals surface area contributed by atoms with E-state index in [1.165, 1.54) is 28.3 Å². The lowest BCUT2D eigenvalue weighted by Crippen LogP contribution is -2.53. The molecule has 1 aliphatic carbocycles. The van der Waals surface area contributed by atoms with Crippen LogP contribution < -0.4 is 0 Å². The first kappa shape index (κ1) is 19.1. The molecule has 0 N–H and O–H groups in total. The number of carbonyl (C=O) groups excluding carboxylic acids is 4. The number of aldehydes is 1. The van der Waals surface area contributed by atoms with E-state index in [2.05, 4.69) is 4.74 Å². The first-order valence-electron chi connectivity index (χ1n) is 7.19. The fraction of sp³-hybridized carbons (Fsp3) is 0.733. The van der Waals surface area contributed by atoms with Gasteiger partial charge in [-0.05, 0) is 12.3 Å². The summed E-state index contributed by atoms with van der Waals surface area (Å²) in [7, 11) is 3.80. The van der Waals surface area contributed by atoms with Gasteiger partial charge in [0.2, 0.25) is 0 Å². The second-order valence-corrected chi connectivity index (χ2v) is 5.38. The maximum absolute atomic E-state index is 12.2. The molecule has 8 nitrogen and oxygen atoms in total. The fourth-order valence-electron chi connectivity index (χ4n) is 3.10. The van der Waals surface area contributed by atoms with E-state index >= 15 is 0 Å². The summed E-state index contributed by atoms with van der Waals surface area (Å²) in [6, 6.07) is 0. The van der Waals surface area contributed by atoms with Gasteiger partial charge in [-0.1, -0.05) is 0 Å². The molecule has 0 spiro atoms. The van der Waals surface area contributed by atoms with Crippen LogP contribution in [0.4, 0.5) is 0 Å². The first-order valence-corrected chi connectivity index (χ1v) is 7.19. The van der Waals surface area contributed by atoms with Crippen LogP contribution in [0.1, 0.15) is 19.8 Å². The third-order valence-corrected chi connectivity index (χ3v) is 4.10. The molecule has 1 rings (SSSR count). The van der Waals surface area contributed by atoms with Crippen molar-refractivity contribution < 1.29 is 38.1 Å². The quantitative estimate of drug-likeness (QED) is 0.384. The second-order valence-electron chi connectivity index (χ2n) is 5.38. The van der Waals surface area contributed by atoms with Gasteiger partial charge in [0.1, 0.15) is 18.5 Å². The highest BCUT2D eigenvalue weighted by Gasteiger charge is 2.51. The van der Waals surface area contributed by atoms with Crippen molar-refractivity contribution in [3.8, 4) is 0 Å².